The molecule has 0 bridgehead atoms. The Labute approximate surface area is 110 Å². The first kappa shape index (κ1) is 15.0. The van der Waals surface area contributed by atoms with E-state index in [0.717, 1.165) is 17.7 Å². The summed E-state index contributed by atoms with van der Waals surface area (Å²) in [6, 6.07) is 8.08. The normalized spacial score (nSPS) is 14.6. The van der Waals surface area contributed by atoms with Crippen LogP contribution in [-0.2, 0) is 0 Å². The lowest BCUT2D eigenvalue weighted by molar-refractivity contribution is 0.170. The fraction of sp³-hybridized carbons (Fsp3) is 0.600. The van der Waals surface area contributed by atoms with E-state index in [-0.39, 0.29) is 6.10 Å². The summed E-state index contributed by atoms with van der Waals surface area (Å²) in [6.07, 6.45) is 0.772. The fourth-order valence-electron chi connectivity index (χ4n) is 1.62. The predicted octanol–water partition coefficient (Wildman–Crippen LogP) is 2.90. The summed E-state index contributed by atoms with van der Waals surface area (Å²) in [4.78, 5) is 0. The third-order valence-corrected chi connectivity index (χ3v) is 2.91. The average Bonchev–Trinajstić information content (AvgIpc) is 2.35. The van der Waals surface area contributed by atoms with Crippen LogP contribution in [-0.4, -0.2) is 23.8 Å². The lowest BCUT2D eigenvalue weighted by atomic mass is 10.1. The van der Waals surface area contributed by atoms with E-state index in [9.17, 15) is 5.11 Å². The monoisotopic (exact) mass is 251 g/mol. The molecule has 2 atom stereocenters. The van der Waals surface area contributed by atoms with Gasteiger partial charge in [-0.15, -0.1) is 0 Å². The summed E-state index contributed by atoms with van der Waals surface area (Å²) in [5.41, 5.74) is 0.918. The van der Waals surface area contributed by atoms with Gasteiger partial charge in [0.15, 0.2) is 0 Å². The standard InChI is InChI=1S/C15H25NO2/c1-5-12(4)16-10-15(17)13-6-8-14(9-7-13)18-11(2)3/h6-9,11-12,15-17H,5,10H2,1-4H3. The summed E-state index contributed by atoms with van der Waals surface area (Å²) in [6.45, 7) is 8.82. The second kappa shape index (κ2) is 7.39. The highest BCUT2D eigenvalue weighted by Gasteiger charge is 2.09. The molecule has 1 aromatic rings. The highest BCUT2D eigenvalue weighted by molar-refractivity contribution is 5.28. The van der Waals surface area contributed by atoms with Crippen LogP contribution in [0.2, 0.25) is 0 Å². The molecule has 2 unspecified atom stereocenters. The molecule has 0 radical (unpaired) electrons. The van der Waals surface area contributed by atoms with Crippen LogP contribution in [0.5, 0.6) is 5.75 Å². The van der Waals surface area contributed by atoms with Crippen molar-refractivity contribution in [1.29, 1.82) is 0 Å². The van der Waals surface area contributed by atoms with Crippen LogP contribution in [0.15, 0.2) is 24.3 Å². The Hall–Kier alpha value is -1.06. The maximum atomic E-state index is 10.0. The van der Waals surface area contributed by atoms with Gasteiger partial charge in [-0.05, 0) is 44.9 Å². The van der Waals surface area contributed by atoms with Crippen LogP contribution in [0, 0.1) is 0 Å². The Bertz CT molecular complexity index is 335. The molecule has 3 heteroatoms. The van der Waals surface area contributed by atoms with E-state index in [1.807, 2.05) is 38.1 Å². The largest absolute Gasteiger partial charge is 0.491 e. The van der Waals surface area contributed by atoms with Crippen LogP contribution >= 0.6 is 0 Å². The van der Waals surface area contributed by atoms with Gasteiger partial charge >= 0.3 is 0 Å². The molecular formula is C15H25NO2. The van der Waals surface area contributed by atoms with Crippen molar-refractivity contribution in [2.75, 3.05) is 6.54 Å². The van der Waals surface area contributed by atoms with Gasteiger partial charge in [-0.2, -0.15) is 0 Å². The molecule has 0 aromatic heterocycles. The van der Waals surface area contributed by atoms with E-state index in [1.165, 1.54) is 0 Å². The number of ether oxygens (including phenoxy) is 1. The zero-order chi connectivity index (χ0) is 13.5. The van der Waals surface area contributed by atoms with Crippen molar-refractivity contribution in [1.82, 2.24) is 5.32 Å². The minimum Gasteiger partial charge on any atom is -0.491 e. The van der Waals surface area contributed by atoms with Crippen molar-refractivity contribution in [3.8, 4) is 5.75 Å². The van der Waals surface area contributed by atoms with E-state index in [0.29, 0.717) is 12.6 Å². The summed E-state index contributed by atoms with van der Waals surface area (Å²) >= 11 is 0. The quantitative estimate of drug-likeness (QED) is 0.783. The number of aliphatic hydroxyl groups excluding tert-OH is 1. The number of rotatable bonds is 7. The molecule has 1 rings (SSSR count). The maximum absolute atomic E-state index is 10.0. The SMILES string of the molecule is CCC(C)NCC(O)c1ccc(OC(C)C)cc1. The van der Waals surface area contributed by atoms with Gasteiger partial charge < -0.3 is 15.2 Å². The van der Waals surface area contributed by atoms with Crippen LogP contribution < -0.4 is 10.1 Å². The number of benzene rings is 1. The fourth-order valence-corrected chi connectivity index (χ4v) is 1.62. The van der Waals surface area contributed by atoms with E-state index in [1.54, 1.807) is 0 Å². The molecule has 18 heavy (non-hydrogen) atoms. The molecule has 0 amide bonds. The Morgan fingerprint density at radius 2 is 1.78 bits per heavy atom. The molecular weight excluding hydrogens is 226 g/mol. The highest BCUT2D eigenvalue weighted by atomic mass is 16.5. The third kappa shape index (κ3) is 5.07. The summed E-state index contributed by atoms with van der Waals surface area (Å²) in [5, 5.41) is 13.3. The first-order valence-corrected chi connectivity index (χ1v) is 6.71. The van der Waals surface area contributed by atoms with Gasteiger partial charge in [-0.25, -0.2) is 0 Å². The van der Waals surface area contributed by atoms with Crippen molar-refractivity contribution in [2.24, 2.45) is 0 Å². The molecule has 0 aliphatic rings. The second-order valence-electron chi connectivity index (χ2n) is 4.97. The molecule has 3 nitrogen and oxygen atoms in total. The predicted molar refractivity (Wildman–Crippen MR) is 74.9 cm³/mol. The van der Waals surface area contributed by atoms with Crippen molar-refractivity contribution >= 4 is 0 Å². The third-order valence-electron chi connectivity index (χ3n) is 2.91. The van der Waals surface area contributed by atoms with Gasteiger partial charge in [-0.1, -0.05) is 19.1 Å². The van der Waals surface area contributed by atoms with Gasteiger partial charge in [0.25, 0.3) is 0 Å². The van der Waals surface area contributed by atoms with Gasteiger partial charge in [-0.3, -0.25) is 0 Å². The van der Waals surface area contributed by atoms with Crippen LogP contribution in [0.4, 0.5) is 0 Å². The lowest BCUT2D eigenvalue weighted by Crippen LogP contribution is -2.29. The molecule has 1 aromatic carbocycles. The zero-order valence-corrected chi connectivity index (χ0v) is 11.8. The number of aliphatic hydroxyl groups is 1. The summed E-state index contributed by atoms with van der Waals surface area (Å²) in [5.74, 6) is 0.843. The lowest BCUT2D eigenvalue weighted by Gasteiger charge is -2.16. The number of hydrogen-bond donors (Lipinski definition) is 2. The molecule has 0 aliphatic heterocycles. The molecule has 0 fully saturated rings. The first-order valence-electron chi connectivity index (χ1n) is 6.71. The second-order valence-corrected chi connectivity index (χ2v) is 4.97. The van der Waals surface area contributed by atoms with Crippen LogP contribution in [0.25, 0.3) is 0 Å². The van der Waals surface area contributed by atoms with Gasteiger partial charge in [0, 0.05) is 12.6 Å². The maximum Gasteiger partial charge on any atom is 0.119 e. The van der Waals surface area contributed by atoms with Crippen LogP contribution in [0.3, 0.4) is 0 Å². The number of nitrogens with one attached hydrogen (secondary N) is 1. The smallest absolute Gasteiger partial charge is 0.119 e. The van der Waals surface area contributed by atoms with Gasteiger partial charge in [0.1, 0.15) is 5.75 Å². The molecule has 2 N–H and O–H groups in total. The zero-order valence-electron chi connectivity index (χ0n) is 11.8. The van der Waals surface area contributed by atoms with Gasteiger partial charge in [0.05, 0.1) is 12.2 Å². The average molecular weight is 251 g/mol. The van der Waals surface area contributed by atoms with Gasteiger partial charge in [0.2, 0.25) is 0 Å². The molecule has 0 heterocycles. The summed E-state index contributed by atoms with van der Waals surface area (Å²) in [7, 11) is 0. The van der Waals surface area contributed by atoms with E-state index in [2.05, 4.69) is 19.2 Å². The molecule has 102 valence electrons. The van der Waals surface area contributed by atoms with Crippen molar-refractivity contribution < 1.29 is 9.84 Å². The molecule has 0 aliphatic carbocycles. The molecule has 0 spiro atoms. The topological polar surface area (TPSA) is 41.5 Å². The van der Waals surface area contributed by atoms with E-state index < -0.39 is 6.10 Å². The van der Waals surface area contributed by atoms with Crippen molar-refractivity contribution in [2.45, 2.75) is 52.4 Å². The van der Waals surface area contributed by atoms with Crippen molar-refractivity contribution in [3.63, 3.8) is 0 Å². The molecule has 0 saturated heterocycles. The Balaban J connectivity index is 2.50. The Kier molecular flexibility index (Phi) is 6.16. The highest BCUT2D eigenvalue weighted by Crippen LogP contribution is 2.18. The van der Waals surface area contributed by atoms with E-state index >= 15 is 0 Å². The van der Waals surface area contributed by atoms with Crippen molar-refractivity contribution in [3.05, 3.63) is 29.8 Å². The number of hydrogen-bond acceptors (Lipinski definition) is 3. The Morgan fingerprint density at radius 3 is 2.28 bits per heavy atom. The molecule has 0 saturated carbocycles. The minimum atomic E-state index is -0.466. The van der Waals surface area contributed by atoms with Crippen LogP contribution in [0.1, 0.15) is 45.8 Å². The Morgan fingerprint density at radius 1 is 1.17 bits per heavy atom. The van der Waals surface area contributed by atoms with E-state index in [4.69, 9.17) is 4.74 Å². The summed E-state index contributed by atoms with van der Waals surface area (Å²) < 4.78 is 5.57. The first-order chi connectivity index (χ1) is 8.52. The minimum absolute atomic E-state index is 0.174.